The standard InChI is InChI=1S/C13H21N3O/c1-4-14-13-10-8-17-6-5-11(10)15-12(16-13)7-9(2)3/h9H,4-8H2,1-3H3,(H,14,15,16). The van der Waals surface area contributed by atoms with E-state index < -0.39 is 0 Å². The van der Waals surface area contributed by atoms with Crippen molar-refractivity contribution in [1.82, 2.24) is 9.97 Å². The highest BCUT2D eigenvalue weighted by Crippen LogP contribution is 2.22. The summed E-state index contributed by atoms with van der Waals surface area (Å²) in [7, 11) is 0. The Hall–Kier alpha value is -1.16. The first kappa shape index (κ1) is 12.3. The van der Waals surface area contributed by atoms with E-state index in [1.54, 1.807) is 0 Å². The van der Waals surface area contributed by atoms with Crippen LogP contribution in [0.5, 0.6) is 0 Å². The highest BCUT2D eigenvalue weighted by molar-refractivity contribution is 5.47. The number of ether oxygens (including phenoxy) is 1. The maximum atomic E-state index is 5.48. The Morgan fingerprint density at radius 2 is 2.18 bits per heavy atom. The maximum Gasteiger partial charge on any atom is 0.135 e. The quantitative estimate of drug-likeness (QED) is 0.869. The molecule has 0 saturated heterocycles. The summed E-state index contributed by atoms with van der Waals surface area (Å²) in [6, 6.07) is 0. The van der Waals surface area contributed by atoms with Crippen LogP contribution in [0.1, 0.15) is 37.9 Å². The van der Waals surface area contributed by atoms with E-state index in [1.165, 1.54) is 0 Å². The predicted molar refractivity (Wildman–Crippen MR) is 68.1 cm³/mol. The minimum atomic E-state index is 0.586. The Balaban J connectivity index is 2.33. The van der Waals surface area contributed by atoms with E-state index in [0.29, 0.717) is 12.5 Å². The predicted octanol–water partition coefficient (Wildman–Crippen LogP) is 2.18. The van der Waals surface area contributed by atoms with Gasteiger partial charge in [0.2, 0.25) is 0 Å². The minimum absolute atomic E-state index is 0.586. The van der Waals surface area contributed by atoms with Crippen molar-refractivity contribution in [3.8, 4) is 0 Å². The number of nitrogens with one attached hydrogen (secondary N) is 1. The first-order valence-corrected chi connectivity index (χ1v) is 6.41. The van der Waals surface area contributed by atoms with E-state index in [9.17, 15) is 0 Å². The van der Waals surface area contributed by atoms with Crippen LogP contribution in [0.2, 0.25) is 0 Å². The third-order valence-corrected chi connectivity index (χ3v) is 2.80. The number of hydrogen-bond acceptors (Lipinski definition) is 4. The van der Waals surface area contributed by atoms with E-state index in [2.05, 4.69) is 36.1 Å². The van der Waals surface area contributed by atoms with Crippen molar-refractivity contribution in [2.24, 2.45) is 5.92 Å². The summed E-state index contributed by atoms with van der Waals surface area (Å²) >= 11 is 0. The van der Waals surface area contributed by atoms with E-state index >= 15 is 0 Å². The molecule has 0 fully saturated rings. The van der Waals surface area contributed by atoms with Gasteiger partial charge in [0.05, 0.1) is 18.9 Å². The van der Waals surface area contributed by atoms with Crippen molar-refractivity contribution >= 4 is 5.82 Å². The molecule has 0 atom stereocenters. The van der Waals surface area contributed by atoms with E-state index in [-0.39, 0.29) is 0 Å². The summed E-state index contributed by atoms with van der Waals surface area (Å²) in [5, 5.41) is 3.32. The molecule has 2 rings (SSSR count). The van der Waals surface area contributed by atoms with Gasteiger partial charge in [0.15, 0.2) is 0 Å². The molecule has 0 unspecified atom stereocenters. The number of hydrogen-bond donors (Lipinski definition) is 1. The van der Waals surface area contributed by atoms with Gasteiger partial charge in [-0.15, -0.1) is 0 Å². The van der Waals surface area contributed by atoms with E-state index in [1.807, 2.05) is 0 Å². The van der Waals surface area contributed by atoms with Gasteiger partial charge in [0.25, 0.3) is 0 Å². The van der Waals surface area contributed by atoms with E-state index in [4.69, 9.17) is 4.74 Å². The average molecular weight is 235 g/mol. The molecule has 0 saturated carbocycles. The van der Waals surface area contributed by atoms with Gasteiger partial charge in [-0.3, -0.25) is 0 Å². The monoisotopic (exact) mass is 235 g/mol. The molecule has 1 aliphatic heterocycles. The lowest BCUT2D eigenvalue weighted by Gasteiger charge is -2.20. The number of aromatic nitrogens is 2. The minimum Gasteiger partial charge on any atom is -0.376 e. The van der Waals surface area contributed by atoms with Crippen LogP contribution in [-0.2, 0) is 24.2 Å². The van der Waals surface area contributed by atoms with Crippen LogP contribution < -0.4 is 5.32 Å². The highest BCUT2D eigenvalue weighted by atomic mass is 16.5. The number of nitrogens with zero attached hydrogens (tertiary/aromatic N) is 2. The van der Waals surface area contributed by atoms with Gasteiger partial charge < -0.3 is 10.1 Å². The Labute approximate surface area is 103 Å². The molecule has 0 aromatic carbocycles. The molecule has 2 heterocycles. The van der Waals surface area contributed by atoms with Gasteiger partial charge in [-0.05, 0) is 12.8 Å². The third-order valence-electron chi connectivity index (χ3n) is 2.80. The lowest BCUT2D eigenvalue weighted by atomic mass is 10.1. The topological polar surface area (TPSA) is 47.0 Å². The number of anilines is 1. The Kier molecular flexibility index (Phi) is 3.94. The van der Waals surface area contributed by atoms with Crippen molar-refractivity contribution in [2.75, 3.05) is 18.5 Å². The average Bonchev–Trinajstić information content (AvgIpc) is 2.28. The van der Waals surface area contributed by atoms with Crippen LogP contribution >= 0.6 is 0 Å². The molecule has 4 heteroatoms. The molecule has 1 aliphatic rings. The van der Waals surface area contributed by atoms with Crippen molar-refractivity contribution in [1.29, 1.82) is 0 Å². The lowest BCUT2D eigenvalue weighted by molar-refractivity contribution is 0.109. The molecule has 0 bridgehead atoms. The molecule has 0 amide bonds. The van der Waals surface area contributed by atoms with Crippen molar-refractivity contribution < 1.29 is 4.74 Å². The molecule has 1 aromatic rings. The van der Waals surface area contributed by atoms with Crippen LogP contribution in [0.15, 0.2) is 0 Å². The lowest BCUT2D eigenvalue weighted by Crippen LogP contribution is -2.18. The van der Waals surface area contributed by atoms with Gasteiger partial charge in [-0.1, -0.05) is 13.8 Å². The second kappa shape index (κ2) is 5.45. The largest absolute Gasteiger partial charge is 0.376 e. The third kappa shape index (κ3) is 2.94. The van der Waals surface area contributed by atoms with Crippen LogP contribution in [0, 0.1) is 5.92 Å². The number of rotatable bonds is 4. The molecule has 4 nitrogen and oxygen atoms in total. The van der Waals surface area contributed by atoms with Crippen LogP contribution in [0.25, 0.3) is 0 Å². The summed E-state index contributed by atoms with van der Waals surface area (Å²) < 4.78 is 5.48. The zero-order valence-electron chi connectivity index (χ0n) is 10.9. The molecule has 0 aliphatic carbocycles. The summed E-state index contributed by atoms with van der Waals surface area (Å²) in [5.41, 5.74) is 2.31. The molecule has 1 N–H and O–H groups in total. The van der Waals surface area contributed by atoms with Crippen LogP contribution in [0.3, 0.4) is 0 Å². The maximum absolute atomic E-state index is 5.48. The molecular weight excluding hydrogens is 214 g/mol. The second-order valence-electron chi connectivity index (χ2n) is 4.84. The molecule has 17 heavy (non-hydrogen) atoms. The summed E-state index contributed by atoms with van der Waals surface area (Å²) in [6.45, 7) is 8.76. The van der Waals surface area contributed by atoms with E-state index in [0.717, 1.165) is 48.9 Å². The second-order valence-corrected chi connectivity index (χ2v) is 4.84. The Morgan fingerprint density at radius 1 is 1.35 bits per heavy atom. The SMILES string of the molecule is CCNc1nc(CC(C)C)nc2c1COCC2. The van der Waals surface area contributed by atoms with Crippen LogP contribution in [-0.4, -0.2) is 23.1 Å². The molecule has 0 spiro atoms. The number of fused-ring (bicyclic) bond motifs is 1. The van der Waals surface area contributed by atoms with Gasteiger partial charge >= 0.3 is 0 Å². The van der Waals surface area contributed by atoms with Crippen molar-refractivity contribution in [3.63, 3.8) is 0 Å². The fraction of sp³-hybridized carbons (Fsp3) is 0.692. The molecular formula is C13H21N3O. The van der Waals surface area contributed by atoms with Gasteiger partial charge in [0, 0.05) is 24.9 Å². The van der Waals surface area contributed by atoms with Gasteiger partial charge in [0.1, 0.15) is 11.6 Å². The summed E-state index contributed by atoms with van der Waals surface area (Å²) in [5.74, 6) is 2.51. The Morgan fingerprint density at radius 3 is 2.88 bits per heavy atom. The molecule has 1 aromatic heterocycles. The zero-order valence-corrected chi connectivity index (χ0v) is 10.9. The first-order valence-electron chi connectivity index (χ1n) is 6.41. The first-order chi connectivity index (χ1) is 8.20. The Bertz CT molecular complexity index is 390. The van der Waals surface area contributed by atoms with Crippen molar-refractivity contribution in [3.05, 3.63) is 17.1 Å². The van der Waals surface area contributed by atoms with Gasteiger partial charge in [-0.25, -0.2) is 9.97 Å². The van der Waals surface area contributed by atoms with Crippen LogP contribution in [0.4, 0.5) is 5.82 Å². The zero-order chi connectivity index (χ0) is 12.3. The smallest absolute Gasteiger partial charge is 0.135 e. The highest BCUT2D eigenvalue weighted by Gasteiger charge is 2.18. The fourth-order valence-electron chi connectivity index (χ4n) is 2.05. The summed E-state index contributed by atoms with van der Waals surface area (Å²) in [6.07, 6.45) is 1.84. The summed E-state index contributed by atoms with van der Waals surface area (Å²) in [4.78, 5) is 9.28. The fourth-order valence-corrected chi connectivity index (χ4v) is 2.05. The normalized spacial score (nSPS) is 14.8. The van der Waals surface area contributed by atoms with Crippen molar-refractivity contribution in [2.45, 2.75) is 40.2 Å². The van der Waals surface area contributed by atoms with Gasteiger partial charge in [-0.2, -0.15) is 0 Å². The molecule has 0 radical (unpaired) electrons. The molecule has 94 valence electrons.